The van der Waals surface area contributed by atoms with E-state index in [0.717, 1.165) is 4.57 Å². The lowest BCUT2D eigenvalue weighted by molar-refractivity contribution is -0.167. The van der Waals surface area contributed by atoms with Crippen LogP contribution in [-0.4, -0.2) is 66.1 Å². The molecule has 0 saturated heterocycles. The Morgan fingerprint density at radius 3 is 2.39 bits per heavy atom. The smallest absolute Gasteiger partial charge is 0.471 e. The first-order valence-corrected chi connectivity index (χ1v) is 12.0. The van der Waals surface area contributed by atoms with Gasteiger partial charge in [0.15, 0.2) is 11.4 Å². The van der Waals surface area contributed by atoms with Crippen LogP contribution in [0.2, 0.25) is 0 Å². The minimum absolute atomic E-state index is 0.0704. The topological polar surface area (TPSA) is 178 Å². The van der Waals surface area contributed by atoms with Crippen LogP contribution >= 0.6 is 0 Å². The quantitative estimate of drug-likeness (QED) is 0.214. The molecule has 0 saturated carbocycles. The van der Waals surface area contributed by atoms with Crippen LogP contribution in [0.15, 0.2) is 34.5 Å². The summed E-state index contributed by atoms with van der Waals surface area (Å²) in [6.45, 7) is 8.24. The van der Waals surface area contributed by atoms with Gasteiger partial charge in [-0.25, -0.2) is 4.79 Å². The number of carbonyl (C=O) groups excluding carboxylic acids is 2. The van der Waals surface area contributed by atoms with Crippen molar-refractivity contribution in [1.29, 1.82) is 10.5 Å². The number of anilines is 2. The average Bonchev–Trinajstić information content (AvgIpc) is 3.30. The number of hydrogen-bond donors (Lipinski definition) is 2. The number of aliphatic hydroxyl groups excluding tert-OH is 1. The van der Waals surface area contributed by atoms with Crippen LogP contribution < -0.4 is 15.0 Å². The van der Waals surface area contributed by atoms with Gasteiger partial charge >= 0.3 is 18.1 Å². The van der Waals surface area contributed by atoms with Gasteiger partial charge in [-0.1, -0.05) is 6.58 Å². The summed E-state index contributed by atoms with van der Waals surface area (Å²) in [6.07, 6.45) is -5.21. The minimum atomic E-state index is -5.21. The van der Waals surface area contributed by atoms with Crippen LogP contribution in [0.3, 0.4) is 0 Å². The summed E-state index contributed by atoms with van der Waals surface area (Å²) >= 11 is 0. The van der Waals surface area contributed by atoms with E-state index in [1.54, 1.807) is 22.4 Å². The minimum Gasteiger partial charge on any atom is -0.494 e. The Hall–Kier alpha value is -4.96. The highest BCUT2D eigenvalue weighted by Gasteiger charge is 2.39. The molecule has 1 atom stereocenters. The summed E-state index contributed by atoms with van der Waals surface area (Å²) in [5.41, 5.74) is -0.948. The maximum atomic E-state index is 13.1. The first kappa shape index (κ1) is 32.3. The number of rotatable bonds is 12. The van der Waals surface area contributed by atoms with Crippen LogP contribution in [0.4, 0.5) is 36.2 Å². The van der Waals surface area contributed by atoms with E-state index in [2.05, 4.69) is 21.8 Å². The van der Waals surface area contributed by atoms with Gasteiger partial charge in [0.1, 0.15) is 30.2 Å². The van der Waals surface area contributed by atoms with Gasteiger partial charge in [0.05, 0.1) is 31.1 Å². The zero-order valence-electron chi connectivity index (χ0n) is 22.6. The highest BCUT2D eigenvalue weighted by atomic mass is 19.4. The summed E-state index contributed by atoms with van der Waals surface area (Å²) in [6, 6.07) is 4.80. The standard InChI is InChI=1S/C25H27F3N8O5/c1-6-35(7-2)19-8-16(31-23(39)25(26,27)28)17(9-21(19)40-5)33-34-24-32-18(10-29)20(11-30)36(24)15(12-37)13-41-22(38)14(3)4/h8-9,15,37H,3,6-7,12-13H2,1-2,4-5H3,(H,31,39). The highest BCUT2D eigenvalue weighted by Crippen LogP contribution is 2.40. The van der Waals surface area contributed by atoms with Crippen molar-refractivity contribution in [1.82, 2.24) is 9.55 Å². The molecule has 0 aliphatic rings. The normalized spacial score (nSPS) is 11.9. The molecule has 1 unspecified atom stereocenters. The van der Waals surface area contributed by atoms with Gasteiger partial charge in [-0.15, -0.1) is 10.2 Å². The number of aliphatic hydroxyl groups is 1. The molecule has 0 aliphatic carbocycles. The number of hydrogen-bond acceptors (Lipinski definition) is 11. The molecular weight excluding hydrogens is 549 g/mol. The number of alkyl halides is 3. The van der Waals surface area contributed by atoms with Crippen molar-refractivity contribution in [3.8, 4) is 17.9 Å². The molecule has 2 N–H and O–H groups in total. The molecule has 2 aromatic rings. The van der Waals surface area contributed by atoms with E-state index in [1.807, 2.05) is 13.8 Å². The van der Waals surface area contributed by atoms with Gasteiger partial charge in [0.25, 0.3) is 5.95 Å². The highest BCUT2D eigenvalue weighted by molar-refractivity contribution is 5.98. The van der Waals surface area contributed by atoms with Crippen molar-refractivity contribution in [3.05, 3.63) is 35.7 Å². The van der Waals surface area contributed by atoms with Gasteiger partial charge in [-0.3, -0.25) is 9.36 Å². The van der Waals surface area contributed by atoms with Crippen LogP contribution in [0.1, 0.15) is 38.2 Å². The summed E-state index contributed by atoms with van der Waals surface area (Å²) in [5.74, 6) is -3.25. The zero-order valence-corrected chi connectivity index (χ0v) is 22.6. The number of amides is 1. The Morgan fingerprint density at radius 2 is 1.90 bits per heavy atom. The van der Waals surface area contributed by atoms with Gasteiger partial charge in [-0.2, -0.15) is 28.7 Å². The Kier molecular flexibility index (Phi) is 10.9. The average molecular weight is 577 g/mol. The monoisotopic (exact) mass is 576 g/mol. The van der Waals surface area contributed by atoms with E-state index in [9.17, 15) is 38.4 Å². The van der Waals surface area contributed by atoms with E-state index < -0.39 is 49.0 Å². The molecule has 218 valence electrons. The molecule has 0 aliphatic heterocycles. The maximum absolute atomic E-state index is 13.1. The number of methoxy groups -OCH3 is 1. The van der Waals surface area contributed by atoms with E-state index in [1.165, 1.54) is 26.2 Å². The molecule has 1 aromatic carbocycles. The molecule has 2 rings (SSSR count). The number of carbonyl (C=O) groups is 2. The number of nitrogens with one attached hydrogen (secondary N) is 1. The van der Waals surface area contributed by atoms with E-state index in [-0.39, 0.29) is 28.4 Å². The second kappa shape index (κ2) is 13.9. The van der Waals surface area contributed by atoms with Crippen LogP contribution in [0, 0.1) is 22.7 Å². The second-order valence-corrected chi connectivity index (χ2v) is 8.28. The third-order valence-corrected chi connectivity index (χ3v) is 5.59. The number of esters is 1. The molecule has 13 nitrogen and oxygen atoms in total. The number of nitriles is 2. The fourth-order valence-electron chi connectivity index (χ4n) is 3.53. The molecule has 0 fully saturated rings. The second-order valence-electron chi connectivity index (χ2n) is 8.28. The fraction of sp³-hybridized carbons (Fsp3) is 0.400. The van der Waals surface area contributed by atoms with E-state index >= 15 is 0 Å². The van der Waals surface area contributed by atoms with Gasteiger partial charge in [0, 0.05) is 24.7 Å². The summed E-state index contributed by atoms with van der Waals surface area (Å²) in [4.78, 5) is 29.4. The molecule has 0 radical (unpaired) electrons. The van der Waals surface area contributed by atoms with Crippen molar-refractivity contribution in [2.75, 3.05) is 43.6 Å². The Balaban J connectivity index is 2.71. The predicted molar refractivity (Wildman–Crippen MR) is 139 cm³/mol. The van der Waals surface area contributed by atoms with Crippen LogP contribution in [-0.2, 0) is 14.3 Å². The fourth-order valence-corrected chi connectivity index (χ4v) is 3.53. The molecule has 1 heterocycles. The number of azo groups is 1. The van der Waals surface area contributed by atoms with Crippen molar-refractivity contribution in [2.45, 2.75) is 33.0 Å². The third kappa shape index (κ3) is 7.58. The third-order valence-electron chi connectivity index (χ3n) is 5.59. The Bertz CT molecular complexity index is 1420. The number of nitrogens with zero attached hydrogens (tertiary/aromatic N) is 7. The van der Waals surface area contributed by atoms with Crippen molar-refractivity contribution >= 4 is 34.9 Å². The number of imidazole rings is 1. The number of benzene rings is 1. The summed E-state index contributed by atoms with van der Waals surface area (Å²) < 4.78 is 50.8. The predicted octanol–water partition coefficient (Wildman–Crippen LogP) is 4.05. The first-order valence-electron chi connectivity index (χ1n) is 12.0. The van der Waals surface area contributed by atoms with Crippen molar-refractivity contribution in [3.63, 3.8) is 0 Å². The van der Waals surface area contributed by atoms with Gasteiger partial charge in [0.2, 0.25) is 0 Å². The molecule has 41 heavy (non-hydrogen) atoms. The van der Waals surface area contributed by atoms with Gasteiger partial charge in [-0.05, 0) is 26.8 Å². The zero-order chi connectivity index (χ0) is 30.9. The molecule has 0 bridgehead atoms. The lowest BCUT2D eigenvalue weighted by Crippen LogP contribution is -2.30. The van der Waals surface area contributed by atoms with Crippen molar-refractivity contribution < 1.29 is 37.3 Å². The first-order chi connectivity index (χ1) is 19.4. The Labute approximate surface area is 233 Å². The SMILES string of the molecule is C=C(C)C(=O)OCC(CO)n1c(N=Nc2cc(OC)c(N(CC)CC)cc2NC(=O)C(F)(F)F)nc(C#N)c1C#N. The summed E-state index contributed by atoms with van der Waals surface area (Å²) in [5, 5.41) is 38.7. The molecule has 1 amide bonds. The molecule has 16 heteroatoms. The number of aromatic nitrogens is 2. The maximum Gasteiger partial charge on any atom is 0.471 e. The molecular formula is C25H27F3N8O5. The number of ether oxygens (including phenoxy) is 2. The molecule has 1 aromatic heterocycles. The van der Waals surface area contributed by atoms with E-state index in [4.69, 9.17) is 9.47 Å². The molecule has 0 spiro atoms. The lowest BCUT2D eigenvalue weighted by Gasteiger charge is -2.24. The lowest BCUT2D eigenvalue weighted by atomic mass is 10.2. The summed E-state index contributed by atoms with van der Waals surface area (Å²) in [7, 11) is 1.33. The largest absolute Gasteiger partial charge is 0.494 e. The van der Waals surface area contributed by atoms with Crippen LogP contribution in [0.25, 0.3) is 0 Å². The number of halogens is 3. The Morgan fingerprint density at radius 1 is 1.24 bits per heavy atom. The van der Waals surface area contributed by atoms with E-state index in [0.29, 0.717) is 18.8 Å². The van der Waals surface area contributed by atoms with Gasteiger partial charge < -0.3 is 24.8 Å². The van der Waals surface area contributed by atoms with Crippen molar-refractivity contribution in [2.24, 2.45) is 10.2 Å². The van der Waals surface area contributed by atoms with Crippen LogP contribution in [0.5, 0.6) is 5.75 Å².